The molecule has 0 aromatic heterocycles. The molecular formula is C19H35IN4. The fourth-order valence-corrected chi connectivity index (χ4v) is 2.63. The van der Waals surface area contributed by atoms with Crippen LogP contribution in [0.1, 0.15) is 39.2 Å². The van der Waals surface area contributed by atoms with E-state index in [4.69, 9.17) is 0 Å². The Balaban J connectivity index is 0.00000529. The topological polar surface area (TPSA) is 39.7 Å². The summed E-state index contributed by atoms with van der Waals surface area (Å²) in [6.07, 6.45) is 3.39. The summed E-state index contributed by atoms with van der Waals surface area (Å²) in [6.45, 7) is 11.0. The highest BCUT2D eigenvalue weighted by Crippen LogP contribution is 2.00. The van der Waals surface area contributed by atoms with E-state index in [2.05, 4.69) is 71.6 Å². The number of rotatable bonds is 10. The Morgan fingerprint density at radius 2 is 1.83 bits per heavy atom. The summed E-state index contributed by atoms with van der Waals surface area (Å²) in [5.41, 5.74) is 1.35. The number of guanidine groups is 1. The highest BCUT2D eigenvalue weighted by atomic mass is 127. The van der Waals surface area contributed by atoms with Gasteiger partial charge in [-0.3, -0.25) is 4.99 Å². The first-order valence-corrected chi connectivity index (χ1v) is 8.93. The molecule has 0 amide bonds. The van der Waals surface area contributed by atoms with E-state index in [1.54, 1.807) is 0 Å². The lowest BCUT2D eigenvalue weighted by Gasteiger charge is -2.21. The minimum Gasteiger partial charge on any atom is -0.356 e. The van der Waals surface area contributed by atoms with Crippen molar-refractivity contribution in [3.8, 4) is 0 Å². The minimum atomic E-state index is 0. The predicted molar refractivity (Wildman–Crippen MR) is 117 cm³/mol. The van der Waals surface area contributed by atoms with Crippen LogP contribution in [0.15, 0.2) is 35.3 Å². The number of nitrogens with one attached hydrogen (secondary N) is 2. The lowest BCUT2D eigenvalue weighted by molar-refractivity contribution is 0.292. The van der Waals surface area contributed by atoms with Crippen LogP contribution in [0.2, 0.25) is 0 Å². The van der Waals surface area contributed by atoms with Gasteiger partial charge >= 0.3 is 0 Å². The average molecular weight is 446 g/mol. The van der Waals surface area contributed by atoms with E-state index >= 15 is 0 Å². The van der Waals surface area contributed by atoms with Crippen LogP contribution in [0, 0.1) is 0 Å². The summed E-state index contributed by atoms with van der Waals surface area (Å²) in [4.78, 5) is 6.79. The third kappa shape index (κ3) is 10.1. The first-order chi connectivity index (χ1) is 11.2. The summed E-state index contributed by atoms with van der Waals surface area (Å²) in [7, 11) is 1.83. The number of nitrogens with zero attached hydrogens (tertiary/aromatic N) is 2. The molecule has 4 nitrogen and oxygen atoms in total. The quantitative estimate of drug-likeness (QED) is 0.328. The lowest BCUT2D eigenvalue weighted by Crippen LogP contribution is -2.43. The van der Waals surface area contributed by atoms with Gasteiger partial charge in [0.1, 0.15) is 0 Å². The standard InChI is InChI=1S/C19H34N4.HI/c1-5-23(6-2)16-10-11-17(3)22-19(20-4)21-15-14-18-12-8-7-9-13-18;/h7-9,12-13,17H,5-6,10-11,14-16H2,1-4H3,(H2,20,21,22);1H. The third-order valence-corrected chi connectivity index (χ3v) is 4.16. The van der Waals surface area contributed by atoms with Gasteiger partial charge in [-0.15, -0.1) is 24.0 Å². The van der Waals surface area contributed by atoms with Crippen LogP contribution < -0.4 is 10.6 Å². The number of hydrogen-bond donors (Lipinski definition) is 2. The highest BCUT2D eigenvalue weighted by molar-refractivity contribution is 14.0. The predicted octanol–water partition coefficient (Wildman–Crippen LogP) is 3.52. The molecule has 0 aliphatic heterocycles. The van der Waals surface area contributed by atoms with Gasteiger partial charge in [0.05, 0.1) is 0 Å². The molecule has 0 saturated heterocycles. The maximum atomic E-state index is 4.32. The van der Waals surface area contributed by atoms with Crippen LogP contribution in [0.4, 0.5) is 0 Å². The summed E-state index contributed by atoms with van der Waals surface area (Å²) in [5.74, 6) is 0.899. The van der Waals surface area contributed by atoms with Gasteiger partial charge in [-0.1, -0.05) is 44.2 Å². The molecule has 0 bridgehead atoms. The monoisotopic (exact) mass is 446 g/mol. The Bertz CT molecular complexity index is 432. The molecular weight excluding hydrogens is 411 g/mol. The highest BCUT2D eigenvalue weighted by Gasteiger charge is 2.06. The van der Waals surface area contributed by atoms with Crippen LogP contribution in [-0.4, -0.2) is 50.1 Å². The molecule has 2 N–H and O–H groups in total. The summed E-state index contributed by atoms with van der Waals surface area (Å²) in [6, 6.07) is 11.0. The van der Waals surface area contributed by atoms with Crippen molar-refractivity contribution in [3.05, 3.63) is 35.9 Å². The third-order valence-electron chi connectivity index (χ3n) is 4.16. The van der Waals surface area contributed by atoms with Gasteiger partial charge in [0.15, 0.2) is 5.96 Å². The second kappa shape index (κ2) is 14.5. The van der Waals surface area contributed by atoms with Crippen molar-refractivity contribution in [1.82, 2.24) is 15.5 Å². The second-order valence-electron chi connectivity index (χ2n) is 5.95. The first kappa shape index (κ1) is 23.2. The van der Waals surface area contributed by atoms with Crippen LogP contribution in [-0.2, 0) is 6.42 Å². The molecule has 1 atom stereocenters. The van der Waals surface area contributed by atoms with E-state index in [-0.39, 0.29) is 24.0 Å². The van der Waals surface area contributed by atoms with Crippen molar-refractivity contribution in [1.29, 1.82) is 0 Å². The van der Waals surface area contributed by atoms with Gasteiger partial charge in [0.25, 0.3) is 0 Å². The van der Waals surface area contributed by atoms with Crippen molar-refractivity contribution < 1.29 is 0 Å². The van der Waals surface area contributed by atoms with Crippen molar-refractivity contribution in [2.45, 2.75) is 46.1 Å². The lowest BCUT2D eigenvalue weighted by atomic mass is 10.1. The zero-order valence-corrected chi connectivity index (χ0v) is 18.0. The molecule has 1 aromatic rings. The Morgan fingerprint density at radius 3 is 2.42 bits per heavy atom. The molecule has 1 rings (SSSR count). The van der Waals surface area contributed by atoms with Gasteiger partial charge in [-0.25, -0.2) is 0 Å². The van der Waals surface area contributed by atoms with E-state index in [9.17, 15) is 0 Å². The molecule has 1 unspecified atom stereocenters. The molecule has 24 heavy (non-hydrogen) atoms. The smallest absolute Gasteiger partial charge is 0.191 e. The van der Waals surface area contributed by atoms with E-state index in [0.29, 0.717) is 6.04 Å². The zero-order valence-electron chi connectivity index (χ0n) is 15.7. The van der Waals surface area contributed by atoms with Gasteiger partial charge in [0.2, 0.25) is 0 Å². The van der Waals surface area contributed by atoms with Gasteiger partial charge in [0, 0.05) is 19.6 Å². The van der Waals surface area contributed by atoms with Crippen LogP contribution >= 0.6 is 24.0 Å². The first-order valence-electron chi connectivity index (χ1n) is 8.93. The fourth-order valence-electron chi connectivity index (χ4n) is 2.63. The molecule has 1 aromatic carbocycles. The molecule has 0 heterocycles. The molecule has 0 aliphatic carbocycles. The SMILES string of the molecule is CCN(CC)CCCC(C)NC(=NC)NCCc1ccccc1.I. The van der Waals surface area contributed by atoms with E-state index < -0.39 is 0 Å². The molecule has 138 valence electrons. The number of hydrogen-bond acceptors (Lipinski definition) is 2. The van der Waals surface area contributed by atoms with E-state index in [0.717, 1.165) is 38.4 Å². The van der Waals surface area contributed by atoms with Gasteiger partial charge in [-0.2, -0.15) is 0 Å². The summed E-state index contributed by atoms with van der Waals surface area (Å²) >= 11 is 0. The van der Waals surface area contributed by atoms with Crippen molar-refractivity contribution >= 4 is 29.9 Å². The van der Waals surface area contributed by atoms with Gasteiger partial charge < -0.3 is 15.5 Å². The maximum Gasteiger partial charge on any atom is 0.191 e. The molecule has 0 aliphatic rings. The molecule has 0 fully saturated rings. The Labute approximate surface area is 165 Å². The number of halogens is 1. The van der Waals surface area contributed by atoms with Crippen molar-refractivity contribution in [2.24, 2.45) is 4.99 Å². The number of aliphatic imine (C=N–C) groups is 1. The fraction of sp³-hybridized carbons (Fsp3) is 0.632. The molecule has 0 saturated carbocycles. The largest absolute Gasteiger partial charge is 0.356 e. The average Bonchev–Trinajstić information content (AvgIpc) is 2.58. The van der Waals surface area contributed by atoms with Crippen LogP contribution in [0.25, 0.3) is 0 Å². The van der Waals surface area contributed by atoms with Crippen molar-refractivity contribution in [3.63, 3.8) is 0 Å². The van der Waals surface area contributed by atoms with Crippen LogP contribution in [0.3, 0.4) is 0 Å². The summed E-state index contributed by atoms with van der Waals surface area (Å²) in [5, 5.41) is 6.88. The molecule has 0 spiro atoms. The Hall–Kier alpha value is -0.820. The Kier molecular flexibility index (Phi) is 14.0. The van der Waals surface area contributed by atoms with Crippen LogP contribution in [0.5, 0.6) is 0 Å². The van der Waals surface area contributed by atoms with Crippen molar-refractivity contribution in [2.75, 3.05) is 33.2 Å². The number of benzene rings is 1. The van der Waals surface area contributed by atoms with E-state index in [1.165, 1.54) is 18.5 Å². The maximum absolute atomic E-state index is 4.32. The van der Waals surface area contributed by atoms with E-state index in [1.807, 2.05) is 7.05 Å². The Morgan fingerprint density at radius 1 is 1.17 bits per heavy atom. The molecule has 5 heteroatoms. The minimum absolute atomic E-state index is 0. The molecule has 0 radical (unpaired) electrons. The summed E-state index contributed by atoms with van der Waals surface area (Å²) < 4.78 is 0. The zero-order chi connectivity index (χ0) is 16.9. The van der Waals surface area contributed by atoms with Gasteiger partial charge in [-0.05, 0) is 51.4 Å². The normalized spacial score (nSPS) is 12.6. The second-order valence-corrected chi connectivity index (χ2v) is 5.95.